The highest BCUT2D eigenvalue weighted by atomic mass is 19.3. The summed E-state index contributed by atoms with van der Waals surface area (Å²) in [7, 11) is 0. The number of nitrogens with one attached hydrogen (secondary N) is 1. The van der Waals surface area contributed by atoms with Crippen LogP contribution in [-0.2, 0) is 11.3 Å². The quantitative estimate of drug-likeness (QED) is 0.376. The van der Waals surface area contributed by atoms with Gasteiger partial charge in [-0.2, -0.15) is 4.98 Å². The number of hydrogen-bond donors (Lipinski definition) is 2. The maximum atomic E-state index is 15.1. The Morgan fingerprint density at radius 1 is 1.22 bits per heavy atom. The van der Waals surface area contributed by atoms with Gasteiger partial charge in [0.2, 0.25) is 5.95 Å². The fourth-order valence-electron chi connectivity index (χ4n) is 4.65. The lowest BCUT2D eigenvalue weighted by atomic mass is 10.0. The van der Waals surface area contributed by atoms with Crippen LogP contribution in [0.4, 0.5) is 29.3 Å². The summed E-state index contributed by atoms with van der Waals surface area (Å²) in [5, 5.41) is 14.8. The van der Waals surface area contributed by atoms with Crippen molar-refractivity contribution in [2.24, 2.45) is 0 Å². The van der Waals surface area contributed by atoms with E-state index in [0.717, 1.165) is 10.9 Å². The highest BCUT2D eigenvalue weighted by Crippen LogP contribution is 2.32. The number of rotatable bonds is 6. The zero-order valence-corrected chi connectivity index (χ0v) is 18.9. The highest BCUT2D eigenvalue weighted by molar-refractivity contribution is 5.88. The lowest BCUT2D eigenvalue weighted by Gasteiger charge is -2.42. The Morgan fingerprint density at radius 3 is 2.78 bits per heavy atom. The molecule has 0 unspecified atom stereocenters. The maximum Gasteiger partial charge on any atom is 0.258 e. The molecule has 0 spiro atoms. The molecule has 4 aromatic heterocycles. The van der Waals surface area contributed by atoms with Gasteiger partial charge in [-0.1, -0.05) is 5.21 Å². The van der Waals surface area contributed by atoms with E-state index in [-0.39, 0.29) is 52.3 Å². The molecule has 2 aliphatic rings. The molecule has 0 aromatic carbocycles. The Balaban J connectivity index is 1.29. The number of nitrogen functional groups attached to an aromatic ring is 1. The van der Waals surface area contributed by atoms with Crippen LogP contribution in [0.15, 0.2) is 18.3 Å². The standard InChI is InChI=1S/C21H22F4N10O/c22-11-5-33(10-8-36-9-10)4-3-13(11)28-21-29-19(26)18-17(12(23)6-34(18)31-21)14-1-2-15-20(27-14)35(32-30-15)7-16(24)25/h1-2,6,10-11,13,16H,3-5,7-9H2,(H3,26,28,29,31)/t11-,13+/m1/s1. The Bertz CT molecular complexity index is 1420. The number of fused-ring (bicyclic) bond motifs is 2. The molecule has 11 nitrogen and oxygen atoms in total. The first-order chi connectivity index (χ1) is 17.4. The number of anilines is 2. The van der Waals surface area contributed by atoms with Crippen LogP contribution in [0.5, 0.6) is 0 Å². The fraction of sp³-hybridized carbons (Fsp3) is 0.476. The van der Waals surface area contributed by atoms with Crippen molar-refractivity contribution in [3.63, 3.8) is 0 Å². The minimum Gasteiger partial charge on any atom is -0.382 e. The van der Waals surface area contributed by atoms with Gasteiger partial charge in [0.25, 0.3) is 6.43 Å². The second-order valence-corrected chi connectivity index (χ2v) is 8.91. The third-order valence-electron chi connectivity index (χ3n) is 6.56. The molecule has 2 fully saturated rings. The average molecular weight is 506 g/mol. The van der Waals surface area contributed by atoms with Crippen molar-refractivity contribution in [3.8, 4) is 11.3 Å². The third kappa shape index (κ3) is 3.97. The summed E-state index contributed by atoms with van der Waals surface area (Å²) in [6.45, 7) is 1.52. The van der Waals surface area contributed by atoms with Crippen LogP contribution in [-0.4, -0.2) is 90.5 Å². The van der Waals surface area contributed by atoms with Crippen molar-refractivity contribution >= 4 is 28.4 Å². The molecule has 0 amide bonds. The first-order valence-electron chi connectivity index (χ1n) is 11.4. The van der Waals surface area contributed by atoms with E-state index < -0.39 is 31.0 Å². The first kappa shape index (κ1) is 22.8. The molecule has 6 rings (SSSR count). The number of halogens is 4. The van der Waals surface area contributed by atoms with Gasteiger partial charge in [-0.05, 0) is 18.6 Å². The zero-order chi connectivity index (χ0) is 25.0. The van der Waals surface area contributed by atoms with Crippen molar-refractivity contribution in [1.82, 2.24) is 39.5 Å². The zero-order valence-electron chi connectivity index (χ0n) is 18.9. The number of piperidine rings is 1. The van der Waals surface area contributed by atoms with Gasteiger partial charge in [-0.15, -0.1) is 10.2 Å². The molecule has 15 heteroatoms. The molecule has 0 saturated carbocycles. The van der Waals surface area contributed by atoms with Crippen molar-refractivity contribution in [3.05, 3.63) is 24.1 Å². The summed E-state index contributed by atoms with van der Waals surface area (Å²) in [5.74, 6) is -0.670. The number of ether oxygens (including phenoxy) is 1. The number of nitrogens with two attached hydrogens (primary N) is 1. The van der Waals surface area contributed by atoms with Gasteiger partial charge >= 0.3 is 0 Å². The molecular weight excluding hydrogens is 484 g/mol. The van der Waals surface area contributed by atoms with E-state index in [1.165, 1.54) is 16.6 Å². The van der Waals surface area contributed by atoms with Crippen molar-refractivity contribution < 1.29 is 22.3 Å². The van der Waals surface area contributed by atoms with E-state index in [1.54, 1.807) is 0 Å². The predicted octanol–water partition coefficient (Wildman–Crippen LogP) is 1.75. The molecule has 36 heavy (non-hydrogen) atoms. The Morgan fingerprint density at radius 2 is 2.06 bits per heavy atom. The fourth-order valence-corrected chi connectivity index (χ4v) is 4.65. The van der Waals surface area contributed by atoms with Crippen LogP contribution in [0.1, 0.15) is 6.42 Å². The van der Waals surface area contributed by atoms with Crippen LogP contribution in [0, 0.1) is 5.82 Å². The lowest BCUT2D eigenvalue weighted by molar-refractivity contribution is -0.0794. The van der Waals surface area contributed by atoms with Crippen molar-refractivity contribution in [2.45, 2.75) is 37.6 Å². The van der Waals surface area contributed by atoms with Crippen LogP contribution >= 0.6 is 0 Å². The molecule has 4 aromatic rings. The van der Waals surface area contributed by atoms with Crippen LogP contribution in [0.25, 0.3) is 27.9 Å². The van der Waals surface area contributed by atoms with Crippen LogP contribution in [0.2, 0.25) is 0 Å². The Kier molecular flexibility index (Phi) is 5.59. The van der Waals surface area contributed by atoms with E-state index >= 15 is 4.39 Å². The van der Waals surface area contributed by atoms with Gasteiger partial charge in [0, 0.05) is 13.1 Å². The second kappa shape index (κ2) is 8.81. The number of hydrogen-bond acceptors (Lipinski definition) is 9. The van der Waals surface area contributed by atoms with Gasteiger partial charge in [0.15, 0.2) is 17.3 Å². The Labute approximate surface area is 201 Å². The Hall–Kier alpha value is -3.59. The number of likely N-dealkylation sites (tertiary alicyclic amines) is 1. The SMILES string of the molecule is Nc1nc(N[C@H]2CCN(C3COC3)C[C@H]2F)nn2cc(F)c(-c3ccc4nnn(CC(F)F)c4n3)c12. The lowest BCUT2D eigenvalue weighted by Crippen LogP contribution is -2.57. The topological polar surface area (TPSA) is 124 Å². The van der Waals surface area contributed by atoms with E-state index in [1.807, 2.05) is 0 Å². The molecule has 190 valence electrons. The number of nitrogens with zero attached hydrogens (tertiary/aromatic N) is 8. The smallest absolute Gasteiger partial charge is 0.258 e. The summed E-state index contributed by atoms with van der Waals surface area (Å²) in [5.41, 5.74) is 6.83. The number of aromatic nitrogens is 7. The largest absolute Gasteiger partial charge is 0.382 e. The minimum absolute atomic E-state index is 0.00476. The molecule has 2 aliphatic heterocycles. The highest BCUT2D eigenvalue weighted by Gasteiger charge is 2.35. The first-order valence-corrected chi connectivity index (χ1v) is 11.4. The van der Waals surface area contributed by atoms with E-state index in [4.69, 9.17) is 10.5 Å². The molecule has 0 radical (unpaired) electrons. The average Bonchev–Trinajstić information content (AvgIpc) is 3.34. The van der Waals surface area contributed by atoms with Crippen LogP contribution < -0.4 is 11.1 Å². The third-order valence-corrected chi connectivity index (χ3v) is 6.56. The summed E-state index contributed by atoms with van der Waals surface area (Å²) in [6, 6.07) is 2.73. The van der Waals surface area contributed by atoms with E-state index in [2.05, 4.69) is 35.6 Å². The summed E-state index contributed by atoms with van der Waals surface area (Å²) >= 11 is 0. The summed E-state index contributed by atoms with van der Waals surface area (Å²) < 4.78 is 63.1. The summed E-state index contributed by atoms with van der Waals surface area (Å²) in [4.78, 5) is 10.6. The number of alkyl halides is 3. The second-order valence-electron chi connectivity index (χ2n) is 8.91. The van der Waals surface area contributed by atoms with E-state index in [9.17, 15) is 13.2 Å². The number of pyridine rings is 1. The van der Waals surface area contributed by atoms with Gasteiger partial charge < -0.3 is 15.8 Å². The van der Waals surface area contributed by atoms with Gasteiger partial charge in [-0.3, -0.25) is 4.90 Å². The van der Waals surface area contributed by atoms with Gasteiger partial charge in [0.05, 0.1) is 42.8 Å². The van der Waals surface area contributed by atoms with Crippen LogP contribution in [0.3, 0.4) is 0 Å². The van der Waals surface area contributed by atoms with Crippen molar-refractivity contribution in [1.29, 1.82) is 0 Å². The van der Waals surface area contributed by atoms with Gasteiger partial charge in [0.1, 0.15) is 23.7 Å². The summed E-state index contributed by atoms with van der Waals surface area (Å²) in [6.07, 6.45) is -2.17. The molecule has 0 bridgehead atoms. The monoisotopic (exact) mass is 506 g/mol. The van der Waals surface area contributed by atoms with Crippen molar-refractivity contribution in [2.75, 3.05) is 37.4 Å². The minimum atomic E-state index is -2.66. The molecule has 2 saturated heterocycles. The molecule has 6 heterocycles. The molecule has 3 N–H and O–H groups in total. The normalized spacial score (nSPS) is 21.5. The molecule has 0 aliphatic carbocycles. The van der Waals surface area contributed by atoms with Gasteiger partial charge in [-0.25, -0.2) is 31.7 Å². The molecular formula is C21H22F4N10O. The van der Waals surface area contributed by atoms with E-state index in [0.29, 0.717) is 26.2 Å². The maximum absolute atomic E-state index is 15.1. The predicted molar refractivity (Wildman–Crippen MR) is 121 cm³/mol. The molecule has 2 atom stereocenters.